The van der Waals surface area contributed by atoms with E-state index in [4.69, 9.17) is 18.7 Å². The molecule has 0 unspecified atom stereocenters. The van der Waals surface area contributed by atoms with E-state index in [0.29, 0.717) is 47.2 Å². The molecule has 4 aromatic carbocycles. The van der Waals surface area contributed by atoms with E-state index in [1.165, 1.54) is 0 Å². The van der Waals surface area contributed by atoms with E-state index in [0.717, 1.165) is 55.1 Å². The van der Waals surface area contributed by atoms with E-state index < -0.39 is 5.97 Å². The second-order valence-electron chi connectivity index (χ2n) is 12.8. The zero-order chi connectivity index (χ0) is 32.8. The maximum absolute atomic E-state index is 12.5. The van der Waals surface area contributed by atoms with Crippen molar-refractivity contribution in [2.75, 3.05) is 26.3 Å². The van der Waals surface area contributed by atoms with Gasteiger partial charge in [-0.25, -0.2) is 4.79 Å². The highest BCUT2D eigenvalue weighted by Gasteiger charge is 2.30. The molecule has 1 saturated heterocycles. The molecule has 0 radical (unpaired) electrons. The maximum atomic E-state index is 12.5. The van der Waals surface area contributed by atoms with Crippen molar-refractivity contribution in [1.82, 2.24) is 10.1 Å². The van der Waals surface area contributed by atoms with Gasteiger partial charge in [0.15, 0.2) is 11.5 Å². The number of rotatable bonds is 11. The normalized spacial score (nSPS) is 13.8. The highest BCUT2D eigenvalue weighted by molar-refractivity contribution is 5.99. The van der Waals surface area contributed by atoms with Crippen molar-refractivity contribution in [3.8, 4) is 33.9 Å². The second-order valence-corrected chi connectivity index (χ2v) is 12.8. The molecule has 1 aliphatic rings. The summed E-state index contributed by atoms with van der Waals surface area (Å²) in [6, 6.07) is 31.7. The molecule has 2 heterocycles. The summed E-state index contributed by atoms with van der Waals surface area (Å²) in [5.41, 5.74) is 5.31. The van der Waals surface area contributed by atoms with Crippen LogP contribution in [-0.2, 0) is 29.9 Å². The number of benzene rings is 4. The summed E-state index contributed by atoms with van der Waals surface area (Å²) in [5, 5.41) is 14.2. The van der Waals surface area contributed by atoms with Crippen LogP contribution in [0.3, 0.4) is 0 Å². The van der Waals surface area contributed by atoms with Gasteiger partial charge in [-0.1, -0.05) is 111 Å². The lowest BCUT2D eigenvalue weighted by Crippen LogP contribution is -2.35. The van der Waals surface area contributed by atoms with E-state index in [1.807, 2.05) is 97.1 Å². The molecule has 0 bridgehead atoms. The first-order valence-electron chi connectivity index (χ1n) is 15.9. The molecule has 5 aromatic rings. The molecule has 47 heavy (non-hydrogen) atoms. The molecule has 0 amide bonds. The van der Waals surface area contributed by atoms with Gasteiger partial charge in [-0.05, 0) is 33.7 Å². The van der Waals surface area contributed by atoms with Gasteiger partial charge in [-0.3, -0.25) is 4.90 Å². The predicted octanol–water partition coefficient (Wildman–Crippen LogP) is 7.99. The Morgan fingerprint density at radius 3 is 1.98 bits per heavy atom. The van der Waals surface area contributed by atoms with Gasteiger partial charge in [0.25, 0.3) is 0 Å². The first kappa shape index (κ1) is 32.0. The lowest BCUT2D eigenvalue weighted by Gasteiger charge is -2.26. The van der Waals surface area contributed by atoms with Crippen molar-refractivity contribution < 1.29 is 28.6 Å². The van der Waals surface area contributed by atoms with Crippen molar-refractivity contribution in [3.05, 3.63) is 125 Å². The van der Waals surface area contributed by atoms with Gasteiger partial charge in [-0.2, -0.15) is 0 Å². The third kappa shape index (κ3) is 7.73. The van der Waals surface area contributed by atoms with Crippen LogP contribution < -0.4 is 9.47 Å². The monoisotopic (exact) mass is 632 g/mol. The number of aromatic carboxylic acids is 1. The van der Waals surface area contributed by atoms with Gasteiger partial charge in [0.05, 0.1) is 24.3 Å². The number of ether oxygens (including phenoxy) is 3. The Morgan fingerprint density at radius 2 is 1.40 bits per heavy atom. The third-order valence-electron chi connectivity index (χ3n) is 8.26. The zero-order valence-electron chi connectivity index (χ0n) is 27.1. The van der Waals surface area contributed by atoms with Crippen LogP contribution >= 0.6 is 0 Å². The molecular formula is C39H40N2O6. The predicted molar refractivity (Wildman–Crippen MR) is 181 cm³/mol. The van der Waals surface area contributed by atoms with Crippen LogP contribution in [0, 0.1) is 0 Å². The van der Waals surface area contributed by atoms with Crippen LogP contribution in [0.1, 0.15) is 53.5 Å². The van der Waals surface area contributed by atoms with Crippen molar-refractivity contribution in [2.45, 2.75) is 45.9 Å². The van der Waals surface area contributed by atoms with Crippen LogP contribution in [0.4, 0.5) is 0 Å². The molecule has 242 valence electrons. The van der Waals surface area contributed by atoms with Crippen molar-refractivity contribution in [1.29, 1.82) is 0 Å². The Hall–Kier alpha value is -4.92. The molecule has 0 saturated carbocycles. The second kappa shape index (κ2) is 14.2. The average molecular weight is 633 g/mol. The molecule has 0 atom stereocenters. The van der Waals surface area contributed by atoms with Crippen molar-refractivity contribution in [3.63, 3.8) is 0 Å². The van der Waals surface area contributed by atoms with Crippen LogP contribution in [0.15, 0.2) is 102 Å². The summed E-state index contributed by atoms with van der Waals surface area (Å²) in [6.07, 6.45) is 0. The minimum atomic E-state index is -1.17. The SMILES string of the molecule is CC(C)(C)c1cc(-c2onc(C(=O)O)c2-c2ccc(CN3CCOCC3)cc2)c(OCc2ccccc2)cc1OCc1ccccc1. The van der Waals surface area contributed by atoms with Crippen LogP contribution in [0.2, 0.25) is 0 Å². The number of carboxylic acid groups (broad SMARTS) is 1. The number of hydrogen-bond donors (Lipinski definition) is 1. The smallest absolute Gasteiger partial charge is 0.358 e. The van der Waals surface area contributed by atoms with E-state index >= 15 is 0 Å². The third-order valence-corrected chi connectivity index (χ3v) is 8.26. The minimum absolute atomic E-state index is 0.156. The Bertz CT molecular complexity index is 1790. The number of nitrogens with zero attached hydrogens (tertiary/aromatic N) is 2. The molecule has 8 heteroatoms. The van der Waals surface area contributed by atoms with E-state index in [1.54, 1.807) is 0 Å². The standard InChI is InChI=1S/C39H40N2O6/c1-39(2,3)32-22-31(33(45-25-28-10-6-4-7-11-28)23-34(32)46-26-29-12-8-5-9-13-29)37-35(36(38(42)43)40-47-37)30-16-14-27(15-17-30)24-41-18-20-44-21-19-41/h4-17,22-23H,18-21,24-26H2,1-3H3,(H,42,43). The van der Waals surface area contributed by atoms with E-state index in [2.05, 4.69) is 30.8 Å². The van der Waals surface area contributed by atoms with Crippen LogP contribution in [0.25, 0.3) is 22.5 Å². The number of carbonyl (C=O) groups is 1. The van der Waals surface area contributed by atoms with Gasteiger partial charge >= 0.3 is 5.97 Å². The highest BCUT2D eigenvalue weighted by atomic mass is 16.5. The Morgan fingerprint density at radius 1 is 0.809 bits per heavy atom. The average Bonchev–Trinajstić information content (AvgIpc) is 3.53. The van der Waals surface area contributed by atoms with Gasteiger partial charge < -0.3 is 23.8 Å². The summed E-state index contributed by atoms with van der Waals surface area (Å²) in [4.78, 5) is 14.8. The lowest BCUT2D eigenvalue weighted by molar-refractivity contribution is 0.0342. The molecule has 1 aromatic heterocycles. The fraction of sp³-hybridized carbons (Fsp3) is 0.282. The van der Waals surface area contributed by atoms with Crippen LogP contribution in [0.5, 0.6) is 11.5 Å². The fourth-order valence-corrected chi connectivity index (χ4v) is 5.72. The summed E-state index contributed by atoms with van der Waals surface area (Å²) >= 11 is 0. The molecule has 1 aliphatic heterocycles. The number of carboxylic acids is 1. The number of hydrogen-bond acceptors (Lipinski definition) is 7. The summed E-state index contributed by atoms with van der Waals surface area (Å²) in [7, 11) is 0. The molecule has 0 aliphatic carbocycles. The molecule has 0 spiro atoms. The summed E-state index contributed by atoms with van der Waals surface area (Å²) in [6.45, 7) is 11.0. The van der Waals surface area contributed by atoms with Gasteiger partial charge in [0.2, 0.25) is 0 Å². The van der Waals surface area contributed by atoms with Crippen molar-refractivity contribution >= 4 is 5.97 Å². The number of morpholine rings is 1. The quantitative estimate of drug-likeness (QED) is 0.157. The molecule has 6 rings (SSSR count). The molecule has 8 nitrogen and oxygen atoms in total. The van der Waals surface area contributed by atoms with E-state index in [-0.39, 0.29) is 11.1 Å². The summed E-state index contributed by atoms with van der Waals surface area (Å²) in [5.74, 6) is 0.341. The van der Waals surface area contributed by atoms with Crippen molar-refractivity contribution in [2.24, 2.45) is 0 Å². The van der Waals surface area contributed by atoms with Gasteiger partial charge in [-0.15, -0.1) is 0 Å². The van der Waals surface area contributed by atoms with Gasteiger partial charge in [0.1, 0.15) is 24.7 Å². The highest BCUT2D eigenvalue weighted by Crippen LogP contribution is 2.45. The Kier molecular flexibility index (Phi) is 9.71. The fourth-order valence-electron chi connectivity index (χ4n) is 5.72. The van der Waals surface area contributed by atoms with Gasteiger partial charge in [0, 0.05) is 31.3 Å². The topological polar surface area (TPSA) is 94.3 Å². The zero-order valence-corrected chi connectivity index (χ0v) is 27.1. The molecule has 1 fully saturated rings. The maximum Gasteiger partial charge on any atom is 0.358 e. The van der Waals surface area contributed by atoms with E-state index in [9.17, 15) is 9.90 Å². The first-order chi connectivity index (χ1) is 22.8. The largest absolute Gasteiger partial charge is 0.488 e. The Balaban J connectivity index is 1.43. The van der Waals surface area contributed by atoms with Crippen LogP contribution in [-0.4, -0.2) is 47.4 Å². The number of aromatic nitrogens is 1. The Labute approximate surface area is 275 Å². The molecule has 1 N–H and O–H groups in total. The first-order valence-corrected chi connectivity index (χ1v) is 15.9. The lowest BCUT2D eigenvalue weighted by atomic mass is 9.84. The minimum Gasteiger partial charge on any atom is -0.488 e. The summed E-state index contributed by atoms with van der Waals surface area (Å²) < 4.78 is 24.3. The molecular weight excluding hydrogens is 592 g/mol.